The van der Waals surface area contributed by atoms with Crippen LogP contribution in [0, 0.1) is 17.2 Å². The van der Waals surface area contributed by atoms with Crippen LogP contribution in [0.2, 0.25) is 0 Å². The van der Waals surface area contributed by atoms with Crippen molar-refractivity contribution in [1.29, 1.82) is 5.41 Å². The highest BCUT2D eigenvalue weighted by atomic mass is 79.9. The van der Waals surface area contributed by atoms with E-state index in [1.807, 2.05) is 0 Å². The summed E-state index contributed by atoms with van der Waals surface area (Å²) in [5.41, 5.74) is -0.404. The lowest BCUT2D eigenvalue weighted by Crippen LogP contribution is -2.07. The Morgan fingerprint density at radius 3 is 2.57 bits per heavy atom. The quantitative estimate of drug-likeness (QED) is 0.601. The van der Waals surface area contributed by atoms with Crippen molar-refractivity contribution in [1.82, 2.24) is 0 Å². The minimum atomic E-state index is -1.21. The molecule has 0 aliphatic heterocycles. The van der Waals surface area contributed by atoms with Crippen LogP contribution in [0.15, 0.2) is 22.7 Å². The fraction of sp³-hybridized carbons (Fsp3) is 0.400. The molecule has 0 heterocycles. The Kier molecular flexibility index (Phi) is 3.63. The van der Waals surface area contributed by atoms with E-state index in [1.165, 1.54) is 12.5 Å². The number of halogens is 1. The Bertz CT molecular complexity index is 320. The maximum Gasteiger partial charge on any atom is 0.353 e. The predicted molar refractivity (Wildman–Crippen MR) is 58.8 cm³/mol. The zero-order valence-corrected chi connectivity index (χ0v) is 9.41. The molecular weight excluding hydrogens is 246 g/mol. The van der Waals surface area contributed by atoms with E-state index in [0.29, 0.717) is 5.92 Å². The average molecular weight is 258 g/mol. The van der Waals surface area contributed by atoms with Gasteiger partial charge in [0.25, 0.3) is 0 Å². The zero-order chi connectivity index (χ0) is 10.7. The second-order valence-corrected chi connectivity index (χ2v) is 4.40. The van der Waals surface area contributed by atoms with Gasteiger partial charge in [0.15, 0.2) is 0 Å². The number of allylic oxidation sites excluding steroid dienone is 3. The Hall–Kier alpha value is -0.900. The molecule has 0 aromatic carbocycles. The molecule has 1 rings (SSSR count). The van der Waals surface area contributed by atoms with E-state index < -0.39 is 11.7 Å². The average Bonchev–Trinajstić information content (AvgIpc) is 2.77. The molecule has 0 spiro atoms. The number of carboxylic acid groups (broad SMARTS) is 1. The number of aliphatic carboxylic acids is 1. The number of rotatable bonds is 4. The van der Waals surface area contributed by atoms with E-state index in [1.54, 1.807) is 6.08 Å². The molecular formula is C10H12BrNO2. The maximum absolute atomic E-state index is 10.3. The Labute approximate surface area is 91.1 Å². The molecule has 0 aromatic heterocycles. The molecule has 2 unspecified atom stereocenters. The van der Waals surface area contributed by atoms with Crippen molar-refractivity contribution in [3.63, 3.8) is 0 Å². The van der Waals surface area contributed by atoms with Gasteiger partial charge >= 0.3 is 5.97 Å². The summed E-state index contributed by atoms with van der Waals surface area (Å²) < 4.78 is 0.845. The summed E-state index contributed by atoms with van der Waals surface area (Å²) in [4.78, 5) is 10.3. The van der Waals surface area contributed by atoms with Gasteiger partial charge in [0.1, 0.15) is 5.71 Å². The first-order valence-electron chi connectivity index (χ1n) is 4.38. The largest absolute Gasteiger partial charge is 0.477 e. The summed E-state index contributed by atoms with van der Waals surface area (Å²) in [7, 11) is 0. The van der Waals surface area contributed by atoms with Gasteiger partial charge in [-0.15, -0.1) is 0 Å². The van der Waals surface area contributed by atoms with Crippen LogP contribution in [-0.4, -0.2) is 16.8 Å². The van der Waals surface area contributed by atoms with Crippen molar-refractivity contribution in [2.75, 3.05) is 0 Å². The molecule has 0 amide bonds. The Morgan fingerprint density at radius 1 is 1.57 bits per heavy atom. The summed E-state index contributed by atoms with van der Waals surface area (Å²) in [5, 5.41) is 15.5. The SMILES string of the molecule is CC1CC1/C=C(Br)/C=C\C(=N)C(=O)O. The second-order valence-electron chi connectivity index (χ2n) is 3.48. The molecule has 4 heteroatoms. The lowest BCUT2D eigenvalue weighted by molar-refractivity contribution is -0.129. The molecule has 1 fully saturated rings. The van der Waals surface area contributed by atoms with Crippen LogP contribution in [-0.2, 0) is 4.79 Å². The molecule has 14 heavy (non-hydrogen) atoms. The van der Waals surface area contributed by atoms with Crippen molar-refractivity contribution in [2.45, 2.75) is 13.3 Å². The van der Waals surface area contributed by atoms with Crippen molar-refractivity contribution in [3.05, 3.63) is 22.7 Å². The highest BCUT2D eigenvalue weighted by Gasteiger charge is 2.30. The van der Waals surface area contributed by atoms with Crippen molar-refractivity contribution >= 4 is 27.6 Å². The standard InChI is InChI=1S/C10H12BrNO2/c1-6-4-7(6)5-8(11)2-3-9(12)10(13)14/h2-3,5-7,12H,4H2,1H3,(H,13,14)/b3-2-,8-5-,12-9?. The van der Waals surface area contributed by atoms with Gasteiger partial charge in [-0.1, -0.05) is 28.9 Å². The topological polar surface area (TPSA) is 61.2 Å². The summed E-state index contributed by atoms with van der Waals surface area (Å²) in [5.74, 6) is 0.129. The van der Waals surface area contributed by atoms with E-state index in [4.69, 9.17) is 10.5 Å². The molecule has 0 radical (unpaired) electrons. The number of carboxylic acids is 1. The van der Waals surface area contributed by atoms with Crippen molar-refractivity contribution < 1.29 is 9.90 Å². The predicted octanol–water partition coefficient (Wildman–Crippen LogP) is 2.58. The Morgan fingerprint density at radius 2 is 2.14 bits per heavy atom. The van der Waals surface area contributed by atoms with Gasteiger partial charge in [0.2, 0.25) is 0 Å². The molecule has 1 saturated carbocycles. The van der Waals surface area contributed by atoms with Crippen LogP contribution in [0.3, 0.4) is 0 Å². The normalized spacial score (nSPS) is 26.6. The molecule has 1 aliphatic rings. The smallest absolute Gasteiger partial charge is 0.353 e. The molecule has 0 bridgehead atoms. The van der Waals surface area contributed by atoms with E-state index in [0.717, 1.165) is 10.4 Å². The van der Waals surface area contributed by atoms with Crippen molar-refractivity contribution in [3.8, 4) is 0 Å². The summed E-state index contributed by atoms with van der Waals surface area (Å²) in [6, 6.07) is 0. The highest BCUT2D eigenvalue weighted by molar-refractivity contribution is 9.11. The van der Waals surface area contributed by atoms with Crippen LogP contribution < -0.4 is 0 Å². The highest BCUT2D eigenvalue weighted by Crippen LogP contribution is 2.40. The molecule has 2 N–H and O–H groups in total. The number of hydrogen-bond acceptors (Lipinski definition) is 2. The van der Waals surface area contributed by atoms with Crippen LogP contribution >= 0.6 is 15.9 Å². The minimum Gasteiger partial charge on any atom is -0.477 e. The number of nitrogens with one attached hydrogen (secondary N) is 1. The third kappa shape index (κ3) is 3.46. The molecule has 3 nitrogen and oxygen atoms in total. The summed E-state index contributed by atoms with van der Waals surface area (Å²) >= 11 is 3.31. The fourth-order valence-corrected chi connectivity index (χ4v) is 1.55. The molecule has 2 atom stereocenters. The van der Waals surface area contributed by atoms with Crippen molar-refractivity contribution in [2.24, 2.45) is 11.8 Å². The van der Waals surface area contributed by atoms with Gasteiger partial charge in [-0.2, -0.15) is 0 Å². The van der Waals surface area contributed by atoms with Gasteiger partial charge in [-0.05, 0) is 30.4 Å². The van der Waals surface area contributed by atoms with Crippen LogP contribution in [0.5, 0.6) is 0 Å². The van der Waals surface area contributed by atoms with Crippen LogP contribution in [0.1, 0.15) is 13.3 Å². The van der Waals surface area contributed by atoms with Gasteiger partial charge in [-0.25, -0.2) is 4.79 Å². The van der Waals surface area contributed by atoms with Crippen LogP contribution in [0.25, 0.3) is 0 Å². The third-order valence-corrected chi connectivity index (χ3v) is 2.71. The molecule has 0 saturated heterocycles. The number of carbonyl (C=O) groups is 1. The van der Waals surface area contributed by atoms with Crippen LogP contribution in [0.4, 0.5) is 0 Å². The molecule has 1 aliphatic carbocycles. The monoisotopic (exact) mass is 257 g/mol. The number of hydrogen-bond donors (Lipinski definition) is 2. The Balaban J connectivity index is 2.47. The minimum absolute atomic E-state index is 0.404. The maximum atomic E-state index is 10.3. The first-order valence-corrected chi connectivity index (χ1v) is 5.17. The van der Waals surface area contributed by atoms with E-state index >= 15 is 0 Å². The van der Waals surface area contributed by atoms with Gasteiger partial charge in [0, 0.05) is 4.48 Å². The molecule has 76 valence electrons. The van der Waals surface area contributed by atoms with Gasteiger partial charge in [-0.3, -0.25) is 5.41 Å². The lowest BCUT2D eigenvalue weighted by Gasteiger charge is -1.90. The summed E-state index contributed by atoms with van der Waals surface area (Å²) in [6.07, 6.45) is 6.12. The first-order chi connectivity index (χ1) is 6.50. The molecule has 0 aromatic rings. The van der Waals surface area contributed by atoms with E-state index in [9.17, 15) is 4.79 Å². The van der Waals surface area contributed by atoms with Gasteiger partial charge < -0.3 is 5.11 Å². The van der Waals surface area contributed by atoms with E-state index in [-0.39, 0.29) is 0 Å². The van der Waals surface area contributed by atoms with E-state index in [2.05, 4.69) is 28.9 Å². The zero-order valence-electron chi connectivity index (χ0n) is 7.83. The third-order valence-electron chi connectivity index (χ3n) is 2.18. The summed E-state index contributed by atoms with van der Waals surface area (Å²) in [6.45, 7) is 2.17. The fourth-order valence-electron chi connectivity index (χ4n) is 1.08. The lowest BCUT2D eigenvalue weighted by atomic mass is 10.3. The first kappa shape index (κ1) is 11.2. The second kappa shape index (κ2) is 4.55. The van der Waals surface area contributed by atoms with Gasteiger partial charge in [0.05, 0.1) is 0 Å².